The first-order chi connectivity index (χ1) is 8.70. The summed E-state index contributed by atoms with van der Waals surface area (Å²) in [6.45, 7) is 3.92. The number of hydrogen-bond acceptors (Lipinski definition) is 2. The molecule has 1 heterocycles. The molecule has 0 saturated carbocycles. The van der Waals surface area contributed by atoms with Gasteiger partial charge in [0.2, 0.25) is 5.91 Å². The summed E-state index contributed by atoms with van der Waals surface area (Å²) in [5.74, 6) is 0.695. The van der Waals surface area contributed by atoms with Crippen LogP contribution in [0.25, 0.3) is 0 Å². The van der Waals surface area contributed by atoms with Crippen molar-refractivity contribution < 1.29 is 9.90 Å². The molecule has 1 amide bonds. The van der Waals surface area contributed by atoms with Gasteiger partial charge in [-0.25, -0.2) is 0 Å². The standard InChI is InChI=1S/C15H21NO2/c1-12-4-2-3-5-14(12)10-15(18)16-8-6-13(11-16)7-9-17/h2-5,13,17H,6-11H2,1H3. The van der Waals surface area contributed by atoms with Gasteiger partial charge in [-0.2, -0.15) is 0 Å². The highest BCUT2D eigenvalue weighted by Gasteiger charge is 2.25. The van der Waals surface area contributed by atoms with Crippen molar-refractivity contribution in [1.82, 2.24) is 4.90 Å². The molecule has 0 aliphatic carbocycles. The van der Waals surface area contributed by atoms with Crippen molar-refractivity contribution >= 4 is 5.91 Å². The van der Waals surface area contributed by atoms with Gasteiger partial charge in [0.15, 0.2) is 0 Å². The lowest BCUT2D eigenvalue weighted by Crippen LogP contribution is -2.30. The summed E-state index contributed by atoms with van der Waals surface area (Å²) in [5, 5.41) is 8.92. The maximum absolute atomic E-state index is 12.2. The van der Waals surface area contributed by atoms with Gasteiger partial charge in [-0.05, 0) is 36.8 Å². The summed E-state index contributed by atoms with van der Waals surface area (Å²) in [4.78, 5) is 14.1. The van der Waals surface area contributed by atoms with E-state index in [2.05, 4.69) is 0 Å². The van der Waals surface area contributed by atoms with Crippen LogP contribution in [0.15, 0.2) is 24.3 Å². The Labute approximate surface area is 108 Å². The van der Waals surface area contributed by atoms with Crippen LogP contribution in [0.3, 0.4) is 0 Å². The normalized spacial score (nSPS) is 19.2. The second-order valence-corrected chi connectivity index (χ2v) is 5.11. The minimum Gasteiger partial charge on any atom is -0.396 e. The molecule has 1 aliphatic heterocycles. The van der Waals surface area contributed by atoms with E-state index in [1.807, 2.05) is 36.1 Å². The maximum atomic E-state index is 12.2. The number of benzene rings is 1. The summed E-state index contributed by atoms with van der Waals surface area (Å²) in [6, 6.07) is 8.04. The Morgan fingerprint density at radius 3 is 2.94 bits per heavy atom. The molecule has 3 nitrogen and oxygen atoms in total. The maximum Gasteiger partial charge on any atom is 0.227 e. The van der Waals surface area contributed by atoms with E-state index >= 15 is 0 Å². The number of nitrogens with zero attached hydrogens (tertiary/aromatic N) is 1. The van der Waals surface area contributed by atoms with Crippen molar-refractivity contribution in [3.63, 3.8) is 0 Å². The molecule has 1 fully saturated rings. The molecular formula is C15H21NO2. The van der Waals surface area contributed by atoms with Gasteiger partial charge in [0.25, 0.3) is 0 Å². The Balaban J connectivity index is 1.91. The van der Waals surface area contributed by atoms with Gasteiger partial charge in [0.05, 0.1) is 6.42 Å². The molecule has 1 atom stereocenters. The highest BCUT2D eigenvalue weighted by molar-refractivity contribution is 5.79. The quantitative estimate of drug-likeness (QED) is 0.881. The Morgan fingerprint density at radius 2 is 2.22 bits per heavy atom. The lowest BCUT2D eigenvalue weighted by Gasteiger charge is -2.17. The predicted molar refractivity (Wildman–Crippen MR) is 71.3 cm³/mol. The van der Waals surface area contributed by atoms with Crippen molar-refractivity contribution in [3.05, 3.63) is 35.4 Å². The third kappa shape index (κ3) is 3.10. The number of aliphatic hydroxyl groups excluding tert-OH is 1. The van der Waals surface area contributed by atoms with Crippen LogP contribution in [0.2, 0.25) is 0 Å². The predicted octanol–water partition coefficient (Wildman–Crippen LogP) is 1.77. The summed E-state index contributed by atoms with van der Waals surface area (Å²) in [7, 11) is 0. The fourth-order valence-corrected chi connectivity index (χ4v) is 2.56. The van der Waals surface area contributed by atoms with Gasteiger partial charge in [0, 0.05) is 19.7 Å². The van der Waals surface area contributed by atoms with Gasteiger partial charge in [0.1, 0.15) is 0 Å². The molecule has 98 valence electrons. The molecule has 3 heteroatoms. The molecule has 1 N–H and O–H groups in total. The van der Waals surface area contributed by atoms with Crippen LogP contribution in [0.4, 0.5) is 0 Å². The van der Waals surface area contributed by atoms with Crippen molar-refractivity contribution in [1.29, 1.82) is 0 Å². The van der Waals surface area contributed by atoms with Crippen molar-refractivity contribution in [2.24, 2.45) is 5.92 Å². The lowest BCUT2D eigenvalue weighted by molar-refractivity contribution is -0.129. The second-order valence-electron chi connectivity index (χ2n) is 5.11. The van der Waals surface area contributed by atoms with E-state index in [0.717, 1.165) is 31.5 Å². The molecule has 0 bridgehead atoms. The van der Waals surface area contributed by atoms with Crippen LogP contribution in [0.5, 0.6) is 0 Å². The van der Waals surface area contributed by atoms with Crippen LogP contribution in [0.1, 0.15) is 24.0 Å². The molecule has 0 aromatic heterocycles. The molecule has 0 spiro atoms. The number of carbonyl (C=O) groups excluding carboxylic acids is 1. The number of amides is 1. The molecule has 0 radical (unpaired) electrons. The van der Waals surface area contributed by atoms with Gasteiger partial charge < -0.3 is 10.0 Å². The number of hydrogen-bond donors (Lipinski definition) is 1. The number of carbonyl (C=O) groups is 1. The van der Waals surface area contributed by atoms with Gasteiger partial charge >= 0.3 is 0 Å². The van der Waals surface area contributed by atoms with E-state index in [4.69, 9.17) is 5.11 Å². The van der Waals surface area contributed by atoms with Crippen molar-refractivity contribution in [2.75, 3.05) is 19.7 Å². The van der Waals surface area contributed by atoms with Crippen LogP contribution >= 0.6 is 0 Å². The number of aliphatic hydroxyl groups is 1. The number of likely N-dealkylation sites (tertiary alicyclic amines) is 1. The zero-order chi connectivity index (χ0) is 13.0. The van der Waals surface area contributed by atoms with E-state index in [1.54, 1.807) is 0 Å². The third-order valence-electron chi connectivity index (χ3n) is 3.78. The fourth-order valence-electron chi connectivity index (χ4n) is 2.56. The van der Waals surface area contributed by atoms with E-state index in [-0.39, 0.29) is 12.5 Å². The molecule has 1 aliphatic rings. The minimum atomic E-state index is 0.213. The first kappa shape index (κ1) is 13.1. The summed E-state index contributed by atoms with van der Waals surface area (Å²) >= 11 is 0. The SMILES string of the molecule is Cc1ccccc1CC(=O)N1CCC(CCO)C1. The minimum absolute atomic E-state index is 0.213. The molecule has 18 heavy (non-hydrogen) atoms. The second kappa shape index (κ2) is 6.01. The van der Waals surface area contributed by atoms with E-state index < -0.39 is 0 Å². The van der Waals surface area contributed by atoms with Gasteiger partial charge in [-0.1, -0.05) is 24.3 Å². The largest absolute Gasteiger partial charge is 0.396 e. The average Bonchev–Trinajstić information content (AvgIpc) is 2.81. The Hall–Kier alpha value is -1.35. The molecule has 1 aromatic rings. The van der Waals surface area contributed by atoms with E-state index in [0.29, 0.717) is 12.3 Å². The van der Waals surface area contributed by atoms with Crippen LogP contribution in [-0.2, 0) is 11.2 Å². The van der Waals surface area contributed by atoms with Crippen molar-refractivity contribution in [2.45, 2.75) is 26.2 Å². The van der Waals surface area contributed by atoms with Crippen molar-refractivity contribution in [3.8, 4) is 0 Å². The van der Waals surface area contributed by atoms with Gasteiger partial charge in [-0.15, -0.1) is 0 Å². The molecule has 1 aromatic carbocycles. The Bertz CT molecular complexity index is 417. The topological polar surface area (TPSA) is 40.5 Å². The highest BCUT2D eigenvalue weighted by atomic mass is 16.3. The van der Waals surface area contributed by atoms with Crippen LogP contribution in [0, 0.1) is 12.8 Å². The fraction of sp³-hybridized carbons (Fsp3) is 0.533. The smallest absolute Gasteiger partial charge is 0.227 e. The summed E-state index contributed by atoms with van der Waals surface area (Å²) in [6.07, 6.45) is 2.34. The highest BCUT2D eigenvalue weighted by Crippen LogP contribution is 2.20. The molecule has 1 unspecified atom stereocenters. The zero-order valence-electron chi connectivity index (χ0n) is 10.9. The lowest BCUT2D eigenvalue weighted by atomic mass is 10.1. The van der Waals surface area contributed by atoms with Gasteiger partial charge in [-0.3, -0.25) is 4.79 Å². The summed E-state index contributed by atoms with van der Waals surface area (Å²) < 4.78 is 0. The van der Waals surface area contributed by atoms with E-state index in [1.165, 1.54) is 5.56 Å². The molecular weight excluding hydrogens is 226 g/mol. The Morgan fingerprint density at radius 1 is 1.44 bits per heavy atom. The van der Waals surface area contributed by atoms with Crippen LogP contribution < -0.4 is 0 Å². The first-order valence-electron chi connectivity index (χ1n) is 6.64. The molecule has 2 rings (SSSR count). The number of aryl methyl sites for hydroxylation is 1. The zero-order valence-corrected chi connectivity index (χ0v) is 10.9. The number of rotatable bonds is 4. The van der Waals surface area contributed by atoms with Crippen LogP contribution in [-0.4, -0.2) is 35.6 Å². The average molecular weight is 247 g/mol. The monoisotopic (exact) mass is 247 g/mol. The summed E-state index contributed by atoms with van der Waals surface area (Å²) in [5.41, 5.74) is 2.30. The Kier molecular flexibility index (Phi) is 4.37. The van der Waals surface area contributed by atoms with E-state index in [9.17, 15) is 4.79 Å². The third-order valence-corrected chi connectivity index (χ3v) is 3.78. The first-order valence-corrected chi connectivity index (χ1v) is 6.64. The molecule has 1 saturated heterocycles.